The molecular formula is C20H21ClN2O. The normalized spacial score (nSPS) is 11.6. The SMILES string of the molecule is CC(C)(COc1ccc2ccccc2c1Cl)NCc1ccccn1. The van der Waals surface area contributed by atoms with Crippen molar-refractivity contribution in [2.75, 3.05) is 6.61 Å². The Labute approximate surface area is 147 Å². The van der Waals surface area contributed by atoms with Crippen LogP contribution in [-0.2, 0) is 6.54 Å². The van der Waals surface area contributed by atoms with Crippen LogP contribution in [0.1, 0.15) is 19.5 Å². The number of pyridine rings is 1. The average Bonchev–Trinajstić information content (AvgIpc) is 2.61. The van der Waals surface area contributed by atoms with Crippen molar-refractivity contribution in [3.05, 3.63) is 71.5 Å². The number of hydrogen-bond donors (Lipinski definition) is 1. The van der Waals surface area contributed by atoms with E-state index < -0.39 is 0 Å². The molecule has 3 nitrogen and oxygen atoms in total. The summed E-state index contributed by atoms with van der Waals surface area (Å²) >= 11 is 6.49. The monoisotopic (exact) mass is 340 g/mol. The molecular weight excluding hydrogens is 320 g/mol. The molecule has 0 aliphatic heterocycles. The Kier molecular flexibility index (Phi) is 5.03. The number of fused-ring (bicyclic) bond motifs is 1. The van der Waals surface area contributed by atoms with Gasteiger partial charge in [-0.3, -0.25) is 4.98 Å². The zero-order valence-electron chi connectivity index (χ0n) is 13.9. The predicted octanol–water partition coefficient (Wildman–Crippen LogP) is 4.84. The fourth-order valence-electron chi connectivity index (χ4n) is 2.47. The number of aromatic nitrogens is 1. The molecule has 0 aliphatic rings. The van der Waals surface area contributed by atoms with Gasteiger partial charge in [0.25, 0.3) is 0 Å². The molecule has 0 bridgehead atoms. The highest BCUT2D eigenvalue weighted by Gasteiger charge is 2.19. The van der Waals surface area contributed by atoms with E-state index in [9.17, 15) is 0 Å². The highest BCUT2D eigenvalue weighted by atomic mass is 35.5. The summed E-state index contributed by atoms with van der Waals surface area (Å²) in [5.74, 6) is 0.711. The first-order valence-corrected chi connectivity index (χ1v) is 8.38. The van der Waals surface area contributed by atoms with Crippen LogP contribution in [0.5, 0.6) is 5.75 Å². The summed E-state index contributed by atoms with van der Waals surface area (Å²) in [6.07, 6.45) is 1.80. The van der Waals surface area contributed by atoms with E-state index in [4.69, 9.17) is 16.3 Å². The molecule has 0 aliphatic carbocycles. The first-order valence-electron chi connectivity index (χ1n) is 8.00. The van der Waals surface area contributed by atoms with Gasteiger partial charge in [0.15, 0.2) is 0 Å². The van der Waals surface area contributed by atoms with Crippen LogP contribution in [-0.4, -0.2) is 17.1 Å². The minimum Gasteiger partial charge on any atom is -0.490 e. The highest BCUT2D eigenvalue weighted by molar-refractivity contribution is 6.37. The quantitative estimate of drug-likeness (QED) is 0.697. The molecule has 24 heavy (non-hydrogen) atoms. The zero-order chi connectivity index (χ0) is 17.0. The summed E-state index contributed by atoms with van der Waals surface area (Å²) in [5, 5.41) is 6.26. The standard InChI is InChI=1S/C20H21ClN2O/c1-20(2,23-13-16-8-5-6-12-22-16)14-24-18-11-10-15-7-3-4-9-17(15)19(18)21/h3-12,23H,13-14H2,1-2H3. The van der Waals surface area contributed by atoms with Crippen LogP contribution in [0.15, 0.2) is 60.8 Å². The van der Waals surface area contributed by atoms with E-state index in [0.717, 1.165) is 16.5 Å². The molecule has 4 heteroatoms. The number of rotatable bonds is 6. The zero-order valence-corrected chi connectivity index (χ0v) is 14.7. The third kappa shape index (κ3) is 4.05. The molecule has 0 radical (unpaired) electrons. The minimum atomic E-state index is -0.202. The summed E-state index contributed by atoms with van der Waals surface area (Å²) in [5.41, 5.74) is 0.807. The fraction of sp³-hybridized carbons (Fsp3) is 0.250. The molecule has 1 N–H and O–H groups in total. The summed E-state index contributed by atoms with van der Waals surface area (Å²) in [6, 6.07) is 17.9. The van der Waals surface area contributed by atoms with Crippen molar-refractivity contribution < 1.29 is 4.74 Å². The Bertz CT molecular complexity index is 818. The van der Waals surface area contributed by atoms with Crippen LogP contribution in [0.25, 0.3) is 10.8 Å². The second kappa shape index (κ2) is 7.20. The molecule has 124 valence electrons. The van der Waals surface area contributed by atoms with Crippen molar-refractivity contribution >= 4 is 22.4 Å². The van der Waals surface area contributed by atoms with E-state index in [-0.39, 0.29) is 5.54 Å². The number of benzene rings is 2. The first kappa shape index (κ1) is 16.7. The number of hydrogen-bond acceptors (Lipinski definition) is 3. The number of nitrogens with zero attached hydrogens (tertiary/aromatic N) is 1. The van der Waals surface area contributed by atoms with Gasteiger partial charge in [0.2, 0.25) is 0 Å². The van der Waals surface area contributed by atoms with Gasteiger partial charge in [-0.2, -0.15) is 0 Å². The van der Waals surface area contributed by atoms with Gasteiger partial charge in [0, 0.05) is 23.7 Å². The second-order valence-electron chi connectivity index (χ2n) is 6.45. The molecule has 0 amide bonds. The fourth-order valence-corrected chi connectivity index (χ4v) is 2.76. The van der Waals surface area contributed by atoms with E-state index >= 15 is 0 Å². The number of ether oxygens (including phenoxy) is 1. The lowest BCUT2D eigenvalue weighted by Crippen LogP contribution is -2.44. The molecule has 3 aromatic rings. The van der Waals surface area contributed by atoms with Gasteiger partial charge in [-0.25, -0.2) is 0 Å². The smallest absolute Gasteiger partial charge is 0.138 e. The van der Waals surface area contributed by atoms with Crippen molar-refractivity contribution in [2.45, 2.75) is 25.9 Å². The first-order chi connectivity index (χ1) is 11.6. The number of halogens is 1. The van der Waals surface area contributed by atoms with E-state index in [2.05, 4.69) is 24.1 Å². The van der Waals surface area contributed by atoms with E-state index in [0.29, 0.717) is 23.9 Å². The molecule has 0 saturated carbocycles. The van der Waals surface area contributed by atoms with Gasteiger partial charge in [-0.05, 0) is 37.4 Å². The van der Waals surface area contributed by atoms with Crippen LogP contribution in [0, 0.1) is 0 Å². The molecule has 0 atom stereocenters. The van der Waals surface area contributed by atoms with Gasteiger partial charge in [-0.1, -0.05) is 48.0 Å². The Hall–Kier alpha value is -2.10. The predicted molar refractivity (Wildman–Crippen MR) is 99.6 cm³/mol. The van der Waals surface area contributed by atoms with Crippen LogP contribution in [0.3, 0.4) is 0 Å². The molecule has 1 aromatic heterocycles. The Morgan fingerprint density at radius 2 is 1.83 bits per heavy atom. The second-order valence-corrected chi connectivity index (χ2v) is 6.82. The summed E-state index contributed by atoms with van der Waals surface area (Å²) < 4.78 is 5.98. The molecule has 0 unspecified atom stereocenters. The maximum Gasteiger partial charge on any atom is 0.138 e. The molecule has 2 aromatic carbocycles. The van der Waals surface area contributed by atoms with Gasteiger partial charge in [0.1, 0.15) is 12.4 Å². The third-order valence-electron chi connectivity index (χ3n) is 3.89. The molecule has 0 saturated heterocycles. The van der Waals surface area contributed by atoms with Crippen molar-refractivity contribution in [2.24, 2.45) is 0 Å². The largest absolute Gasteiger partial charge is 0.490 e. The Morgan fingerprint density at radius 3 is 2.62 bits per heavy atom. The van der Waals surface area contributed by atoms with Crippen molar-refractivity contribution in [1.82, 2.24) is 10.3 Å². The van der Waals surface area contributed by atoms with Crippen molar-refractivity contribution in [1.29, 1.82) is 0 Å². The third-order valence-corrected chi connectivity index (χ3v) is 4.28. The molecule has 0 spiro atoms. The minimum absolute atomic E-state index is 0.202. The molecule has 1 heterocycles. The van der Waals surface area contributed by atoms with Gasteiger partial charge >= 0.3 is 0 Å². The van der Waals surface area contributed by atoms with E-state index in [1.807, 2.05) is 54.6 Å². The van der Waals surface area contributed by atoms with Crippen LogP contribution < -0.4 is 10.1 Å². The van der Waals surface area contributed by atoms with Gasteiger partial charge in [0.05, 0.1) is 10.7 Å². The van der Waals surface area contributed by atoms with Gasteiger partial charge in [-0.15, -0.1) is 0 Å². The Morgan fingerprint density at radius 1 is 1.04 bits per heavy atom. The van der Waals surface area contributed by atoms with E-state index in [1.54, 1.807) is 6.20 Å². The molecule has 3 rings (SSSR count). The lowest BCUT2D eigenvalue weighted by atomic mass is 10.1. The maximum atomic E-state index is 6.49. The van der Waals surface area contributed by atoms with Crippen LogP contribution in [0.4, 0.5) is 0 Å². The number of nitrogens with one attached hydrogen (secondary N) is 1. The lowest BCUT2D eigenvalue weighted by molar-refractivity contribution is 0.207. The average molecular weight is 341 g/mol. The Balaban J connectivity index is 1.65. The van der Waals surface area contributed by atoms with Crippen molar-refractivity contribution in [3.8, 4) is 5.75 Å². The van der Waals surface area contributed by atoms with E-state index in [1.165, 1.54) is 0 Å². The van der Waals surface area contributed by atoms with Crippen LogP contribution in [0.2, 0.25) is 5.02 Å². The highest BCUT2D eigenvalue weighted by Crippen LogP contribution is 2.33. The lowest BCUT2D eigenvalue weighted by Gasteiger charge is -2.26. The topological polar surface area (TPSA) is 34.1 Å². The summed E-state index contributed by atoms with van der Waals surface area (Å²) in [7, 11) is 0. The van der Waals surface area contributed by atoms with Crippen molar-refractivity contribution in [3.63, 3.8) is 0 Å². The maximum absolute atomic E-state index is 6.49. The summed E-state index contributed by atoms with van der Waals surface area (Å²) in [6.45, 7) is 5.41. The van der Waals surface area contributed by atoms with Crippen LogP contribution >= 0.6 is 11.6 Å². The van der Waals surface area contributed by atoms with Gasteiger partial charge < -0.3 is 10.1 Å². The molecule has 0 fully saturated rings. The summed E-state index contributed by atoms with van der Waals surface area (Å²) in [4.78, 5) is 4.32.